The normalized spacial score (nSPS) is 24.3. The van der Waals surface area contributed by atoms with Crippen LogP contribution in [0.1, 0.15) is 35.4 Å². The molecule has 0 aliphatic carbocycles. The van der Waals surface area contributed by atoms with E-state index in [1.165, 1.54) is 6.26 Å². The zero-order valence-electron chi connectivity index (χ0n) is 18.6. The van der Waals surface area contributed by atoms with E-state index >= 15 is 0 Å². The van der Waals surface area contributed by atoms with Crippen LogP contribution in [0, 0.1) is 11.8 Å². The number of benzene rings is 2. The van der Waals surface area contributed by atoms with Gasteiger partial charge in [-0.05, 0) is 49.2 Å². The van der Waals surface area contributed by atoms with Crippen LogP contribution >= 0.6 is 0 Å². The van der Waals surface area contributed by atoms with E-state index in [1.54, 1.807) is 11.4 Å². The van der Waals surface area contributed by atoms with Crippen LogP contribution in [-0.4, -0.2) is 74.4 Å². The first-order valence-corrected chi connectivity index (χ1v) is 12.8. The standard InChI is InChI=1S/C25H30N2O4S/c1-31-24-8-4-3-7-20(24)12-9-19-10-13-21(14-11-19)25-22-17-26(32(2,29)30)15-5-6-16-27(22)23(25)18-28/h3-4,7-8,10-11,13-14,22-23,25,28H,5-6,15-18H2,1-2H3/t22-,23-,25+/m1/s1. The second-order valence-electron chi connectivity index (χ2n) is 8.48. The fourth-order valence-electron chi connectivity index (χ4n) is 4.89. The van der Waals surface area contributed by atoms with Crippen LogP contribution in [0.4, 0.5) is 0 Å². The maximum absolute atomic E-state index is 12.2. The summed E-state index contributed by atoms with van der Waals surface area (Å²) in [6.45, 7) is 1.99. The lowest BCUT2D eigenvalue weighted by molar-refractivity contribution is -0.0553. The molecule has 170 valence electrons. The summed E-state index contributed by atoms with van der Waals surface area (Å²) in [5.74, 6) is 7.19. The van der Waals surface area contributed by atoms with Crippen LogP contribution in [0.5, 0.6) is 5.75 Å². The minimum atomic E-state index is -3.25. The highest BCUT2D eigenvalue weighted by Gasteiger charge is 2.49. The highest BCUT2D eigenvalue weighted by molar-refractivity contribution is 7.88. The van der Waals surface area contributed by atoms with Crippen molar-refractivity contribution < 1.29 is 18.3 Å². The summed E-state index contributed by atoms with van der Waals surface area (Å²) >= 11 is 0. The number of ether oxygens (including phenoxy) is 1. The first-order chi connectivity index (χ1) is 15.4. The number of nitrogens with zero attached hydrogens (tertiary/aromatic N) is 2. The predicted octanol–water partition coefficient (Wildman–Crippen LogP) is 2.28. The number of methoxy groups -OCH3 is 1. The van der Waals surface area contributed by atoms with Crippen LogP contribution in [0.25, 0.3) is 0 Å². The minimum absolute atomic E-state index is 0.0185. The van der Waals surface area contributed by atoms with E-state index in [9.17, 15) is 13.5 Å². The van der Waals surface area contributed by atoms with Crippen LogP contribution in [0.2, 0.25) is 0 Å². The number of aliphatic hydroxyl groups is 1. The molecule has 4 rings (SSSR count). The fourth-order valence-corrected chi connectivity index (χ4v) is 5.77. The number of rotatable bonds is 4. The molecule has 7 heteroatoms. The average Bonchev–Trinajstić information content (AvgIpc) is 2.76. The number of hydrogen-bond acceptors (Lipinski definition) is 5. The van der Waals surface area contributed by atoms with E-state index in [0.717, 1.165) is 41.8 Å². The second-order valence-corrected chi connectivity index (χ2v) is 10.5. The maximum atomic E-state index is 12.2. The van der Waals surface area contributed by atoms with Crippen molar-refractivity contribution in [2.24, 2.45) is 0 Å². The van der Waals surface area contributed by atoms with Crippen molar-refractivity contribution in [1.29, 1.82) is 0 Å². The lowest BCUT2D eigenvalue weighted by Gasteiger charge is -2.57. The van der Waals surface area contributed by atoms with Crippen LogP contribution in [-0.2, 0) is 10.0 Å². The predicted molar refractivity (Wildman–Crippen MR) is 125 cm³/mol. The van der Waals surface area contributed by atoms with E-state index in [2.05, 4.69) is 28.9 Å². The van der Waals surface area contributed by atoms with Gasteiger partial charge in [0.05, 0.1) is 25.5 Å². The van der Waals surface area contributed by atoms with Gasteiger partial charge in [0.2, 0.25) is 10.0 Å². The third kappa shape index (κ3) is 4.69. The molecule has 2 fully saturated rings. The van der Waals surface area contributed by atoms with E-state index in [4.69, 9.17) is 4.74 Å². The molecule has 0 bridgehead atoms. The lowest BCUT2D eigenvalue weighted by Crippen LogP contribution is -2.67. The molecule has 2 aliphatic rings. The molecule has 2 saturated heterocycles. The van der Waals surface area contributed by atoms with Crippen molar-refractivity contribution in [3.05, 3.63) is 65.2 Å². The van der Waals surface area contributed by atoms with Gasteiger partial charge in [0.15, 0.2) is 0 Å². The second kappa shape index (κ2) is 9.63. The number of para-hydroxylation sites is 1. The van der Waals surface area contributed by atoms with Crippen LogP contribution in [0.15, 0.2) is 48.5 Å². The number of aliphatic hydroxyl groups excluding tert-OH is 1. The Hall–Kier alpha value is -2.37. The Labute approximate surface area is 190 Å². The first kappa shape index (κ1) is 22.8. The summed E-state index contributed by atoms with van der Waals surface area (Å²) < 4.78 is 31.4. The van der Waals surface area contributed by atoms with Gasteiger partial charge < -0.3 is 9.84 Å². The first-order valence-electron chi connectivity index (χ1n) is 11.0. The minimum Gasteiger partial charge on any atom is -0.495 e. The molecule has 0 unspecified atom stereocenters. The molecule has 3 atom stereocenters. The van der Waals surface area contributed by atoms with E-state index in [0.29, 0.717) is 13.1 Å². The van der Waals surface area contributed by atoms with E-state index < -0.39 is 10.0 Å². The van der Waals surface area contributed by atoms with Gasteiger partial charge in [0.1, 0.15) is 5.75 Å². The van der Waals surface area contributed by atoms with Crippen molar-refractivity contribution >= 4 is 10.0 Å². The summed E-state index contributed by atoms with van der Waals surface area (Å²) in [5, 5.41) is 10.1. The molecule has 0 radical (unpaired) electrons. The van der Waals surface area contributed by atoms with Gasteiger partial charge in [-0.15, -0.1) is 0 Å². The van der Waals surface area contributed by atoms with Crippen molar-refractivity contribution in [3.8, 4) is 17.6 Å². The van der Waals surface area contributed by atoms with E-state index in [1.807, 2.05) is 36.4 Å². The SMILES string of the molecule is COc1ccccc1C#Cc1ccc([C@@H]2[C@@H](CO)N3CCCCN(S(C)(=O)=O)C[C@H]23)cc1. The Balaban J connectivity index is 1.55. The monoisotopic (exact) mass is 454 g/mol. The molecule has 0 amide bonds. The summed E-state index contributed by atoms with van der Waals surface area (Å²) in [6.07, 6.45) is 3.06. The van der Waals surface area contributed by atoms with Gasteiger partial charge in [-0.1, -0.05) is 36.1 Å². The summed E-state index contributed by atoms with van der Waals surface area (Å²) in [5.41, 5.74) is 2.85. The van der Waals surface area contributed by atoms with Gasteiger partial charge in [-0.3, -0.25) is 4.90 Å². The topological polar surface area (TPSA) is 70.1 Å². The van der Waals surface area contributed by atoms with Gasteiger partial charge in [0, 0.05) is 36.7 Å². The van der Waals surface area contributed by atoms with Crippen molar-refractivity contribution in [1.82, 2.24) is 9.21 Å². The number of hydrogen-bond donors (Lipinski definition) is 1. The highest BCUT2D eigenvalue weighted by atomic mass is 32.2. The van der Waals surface area contributed by atoms with Gasteiger partial charge in [-0.2, -0.15) is 0 Å². The third-order valence-electron chi connectivity index (χ3n) is 6.55. The molecule has 0 aromatic heterocycles. The lowest BCUT2D eigenvalue weighted by atomic mass is 9.74. The Morgan fingerprint density at radius 2 is 1.78 bits per heavy atom. The molecular formula is C25H30N2O4S. The molecule has 2 aromatic carbocycles. The molecule has 1 N–H and O–H groups in total. The van der Waals surface area contributed by atoms with Crippen molar-refractivity contribution in [2.75, 3.05) is 39.6 Å². The molecule has 0 saturated carbocycles. The van der Waals surface area contributed by atoms with Crippen LogP contribution < -0.4 is 4.74 Å². The van der Waals surface area contributed by atoms with E-state index in [-0.39, 0.29) is 24.6 Å². The fraction of sp³-hybridized carbons (Fsp3) is 0.440. The Kier molecular flexibility index (Phi) is 6.87. The Morgan fingerprint density at radius 3 is 2.47 bits per heavy atom. The summed E-state index contributed by atoms with van der Waals surface area (Å²) in [7, 11) is -1.61. The molecule has 0 spiro atoms. The smallest absolute Gasteiger partial charge is 0.211 e. The molecular weight excluding hydrogens is 424 g/mol. The highest BCUT2D eigenvalue weighted by Crippen LogP contribution is 2.42. The third-order valence-corrected chi connectivity index (χ3v) is 7.82. The molecule has 2 aromatic rings. The number of fused-ring (bicyclic) bond motifs is 1. The molecule has 2 heterocycles. The van der Waals surface area contributed by atoms with Gasteiger partial charge in [-0.25, -0.2) is 12.7 Å². The Bertz CT molecular complexity index is 1100. The Morgan fingerprint density at radius 1 is 1.06 bits per heavy atom. The van der Waals surface area contributed by atoms with Gasteiger partial charge >= 0.3 is 0 Å². The van der Waals surface area contributed by atoms with Gasteiger partial charge in [0.25, 0.3) is 0 Å². The quantitative estimate of drug-likeness (QED) is 0.718. The molecule has 2 aliphatic heterocycles. The zero-order chi connectivity index (χ0) is 22.7. The number of sulfonamides is 1. The van der Waals surface area contributed by atoms with Crippen LogP contribution in [0.3, 0.4) is 0 Å². The molecule has 6 nitrogen and oxygen atoms in total. The largest absolute Gasteiger partial charge is 0.495 e. The zero-order valence-corrected chi connectivity index (χ0v) is 19.4. The van der Waals surface area contributed by atoms with Crippen molar-refractivity contribution in [3.63, 3.8) is 0 Å². The molecule has 32 heavy (non-hydrogen) atoms. The summed E-state index contributed by atoms with van der Waals surface area (Å²) in [6, 6.07) is 15.9. The van der Waals surface area contributed by atoms with Crippen molar-refractivity contribution in [2.45, 2.75) is 30.8 Å². The summed E-state index contributed by atoms with van der Waals surface area (Å²) in [4.78, 5) is 2.28. The average molecular weight is 455 g/mol. The maximum Gasteiger partial charge on any atom is 0.211 e.